The van der Waals surface area contributed by atoms with E-state index in [2.05, 4.69) is 15.3 Å². The molecule has 0 unspecified atom stereocenters. The lowest BCUT2D eigenvalue weighted by atomic mass is 10.2. The first-order chi connectivity index (χ1) is 12.3. The smallest absolute Gasteiger partial charge is 0.375 e. The predicted molar refractivity (Wildman–Crippen MR) is 87.8 cm³/mol. The Morgan fingerprint density at radius 2 is 2.04 bits per heavy atom. The van der Waals surface area contributed by atoms with Gasteiger partial charge in [-0.05, 0) is 13.0 Å². The Balaban J connectivity index is 1.58. The van der Waals surface area contributed by atoms with Crippen LogP contribution in [0.4, 0.5) is 19.1 Å². The summed E-state index contributed by atoms with van der Waals surface area (Å²) >= 11 is 0. The molecule has 0 aliphatic carbocycles. The first-order valence-electron chi connectivity index (χ1n) is 8.61. The van der Waals surface area contributed by atoms with E-state index in [1.165, 1.54) is 6.92 Å². The molecule has 3 rings (SSSR count). The number of rotatable bonds is 3. The molecule has 1 amide bonds. The lowest BCUT2D eigenvalue weighted by molar-refractivity contribution is -0.141. The number of aromatic nitrogens is 2. The summed E-state index contributed by atoms with van der Waals surface area (Å²) in [4.78, 5) is 23.5. The number of hydrogen-bond acceptors (Lipinski definition) is 6. The second-order valence-electron chi connectivity index (χ2n) is 6.46. The Hall–Kier alpha value is -1.94. The molecule has 1 atom stereocenters. The monoisotopic (exact) mass is 373 g/mol. The third-order valence-corrected chi connectivity index (χ3v) is 4.45. The van der Waals surface area contributed by atoms with Gasteiger partial charge in [-0.1, -0.05) is 0 Å². The molecule has 26 heavy (non-hydrogen) atoms. The molecule has 2 aliphatic rings. The Morgan fingerprint density at radius 3 is 2.65 bits per heavy atom. The van der Waals surface area contributed by atoms with Crippen LogP contribution in [-0.2, 0) is 15.7 Å². The molecular formula is C16H22F3N5O2. The predicted octanol–water partition coefficient (Wildman–Crippen LogP) is 0.831. The summed E-state index contributed by atoms with van der Waals surface area (Å²) in [6, 6.07) is 0.932. The Bertz CT molecular complexity index is 641. The van der Waals surface area contributed by atoms with Gasteiger partial charge in [-0.25, -0.2) is 9.97 Å². The van der Waals surface area contributed by atoms with Gasteiger partial charge in [-0.3, -0.25) is 4.79 Å². The van der Waals surface area contributed by atoms with E-state index in [4.69, 9.17) is 4.74 Å². The van der Waals surface area contributed by atoms with Gasteiger partial charge in [-0.15, -0.1) is 0 Å². The van der Waals surface area contributed by atoms with Crippen molar-refractivity contribution in [3.63, 3.8) is 0 Å². The minimum atomic E-state index is -4.51. The summed E-state index contributed by atoms with van der Waals surface area (Å²) in [5, 5.41) is 3.18. The number of anilines is 1. The van der Waals surface area contributed by atoms with Crippen molar-refractivity contribution >= 4 is 11.9 Å². The van der Waals surface area contributed by atoms with Gasteiger partial charge in [0.25, 0.3) is 0 Å². The number of ether oxygens (including phenoxy) is 1. The number of piperazine rings is 1. The number of nitrogens with one attached hydrogen (secondary N) is 1. The number of alkyl halides is 3. The SMILES string of the molecule is Cc1cc(C(F)(F)F)nc(N2CCN(C(=O)C[C@@H]3CNCCO3)CC2)n1. The average molecular weight is 373 g/mol. The van der Waals surface area contributed by atoms with Gasteiger partial charge in [0, 0.05) is 45.0 Å². The fraction of sp³-hybridized carbons (Fsp3) is 0.688. The molecular weight excluding hydrogens is 351 g/mol. The highest BCUT2D eigenvalue weighted by molar-refractivity contribution is 5.77. The van der Waals surface area contributed by atoms with Crippen LogP contribution < -0.4 is 10.2 Å². The number of hydrogen-bond donors (Lipinski definition) is 1. The number of aryl methyl sites for hydroxylation is 1. The van der Waals surface area contributed by atoms with Crippen LogP contribution in [0.3, 0.4) is 0 Å². The second kappa shape index (κ2) is 7.75. The quantitative estimate of drug-likeness (QED) is 0.847. The Morgan fingerprint density at radius 1 is 1.31 bits per heavy atom. The summed E-state index contributed by atoms with van der Waals surface area (Å²) < 4.78 is 44.3. The van der Waals surface area contributed by atoms with Gasteiger partial charge in [-0.2, -0.15) is 13.2 Å². The van der Waals surface area contributed by atoms with Crippen LogP contribution in [-0.4, -0.2) is 72.8 Å². The van der Waals surface area contributed by atoms with Crippen LogP contribution in [0, 0.1) is 6.92 Å². The first kappa shape index (κ1) is 18.8. The molecule has 0 spiro atoms. The highest BCUT2D eigenvalue weighted by Crippen LogP contribution is 2.29. The normalized spacial score (nSPS) is 21.8. The molecule has 1 aromatic rings. The van der Waals surface area contributed by atoms with Crippen LogP contribution in [0.2, 0.25) is 0 Å². The van der Waals surface area contributed by atoms with Gasteiger partial charge in [0.15, 0.2) is 0 Å². The number of halogens is 3. The van der Waals surface area contributed by atoms with Crippen molar-refractivity contribution in [1.82, 2.24) is 20.2 Å². The molecule has 2 saturated heterocycles. The lowest BCUT2D eigenvalue weighted by Gasteiger charge is -2.36. The van der Waals surface area contributed by atoms with Crippen molar-refractivity contribution in [1.29, 1.82) is 0 Å². The minimum Gasteiger partial charge on any atom is -0.375 e. The van der Waals surface area contributed by atoms with E-state index in [9.17, 15) is 18.0 Å². The summed E-state index contributed by atoms with van der Waals surface area (Å²) in [6.45, 7) is 5.21. The third kappa shape index (κ3) is 4.61. The molecule has 3 heterocycles. The number of morpholine rings is 1. The molecule has 7 nitrogen and oxygen atoms in total. The van der Waals surface area contributed by atoms with E-state index in [1.54, 1.807) is 9.80 Å². The van der Waals surface area contributed by atoms with E-state index in [0.717, 1.165) is 12.6 Å². The van der Waals surface area contributed by atoms with E-state index < -0.39 is 11.9 Å². The van der Waals surface area contributed by atoms with Gasteiger partial charge >= 0.3 is 6.18 Å². The lowest BCUT2D eigenvalue weighted by Crippen LogP contribution is -2.51. The van der Waals surface area contributed by atoms with Crippen LogP contribution in [0.1, 0.15) is 17.8 Å². The van der Waals surface area contributed by atoms with E-state index >= 15 is 0 Å². The molecule has 0 saturated carbocycles. The van der Waals surface area contributed by atoms with Crippen molar-refractivity contribution in [2.75, 3.05) is 50.8 Å². The van der Waals surface area contributed by atoms with Crippen molar-refractivity contribution < 1.29 is 22.7 Å². The molecule has 0 radical (unpaired) electrons. The highest BCUT2D eigenvalue weighted by Gasteiger charge is 2.34. The first-order valence-corrected chi connectivity index (χ1v) is 8.61. The standard InChI is InChI=1S/C16H22F3N5O2/c1-11-8-13(16(17,18)19)22-15(21-11)24-5-3-23(4-6-24)14(25)9-12-10-20-2-7-26-12/h8,12,20H,2-7,9-10H2,1H3/t12-/m1/s1. The molecule has 2 aliphatic heterocycles. The minimum absolute atomic E-state index is 0.000471. The van der Waals surface area contributed by atoms with Crippen molar-refractivity contribution in [2.45, 2.75) is 25.6 Å². The largest absolute Gasteiger partial charge is 0.433 e. The number of nitrogens with zero attached hydrogens (tertiary/aromatic N) is 4. The summed E-state index contributed by atoms with van der Waals surface area (Å²) in [6.07, 6.45) is -4.32. The molecule has 144 valence electrons. The number of carbonyl (C=O) groups is 1. The van der Waals surface area contributed by atoms with E-state index in [-0.39, 0.29) is 23.7 Å². The molecule has 10 heteroatoms. The maximum atomic E-state index is 12.9. The fourth-order valence-corrected chi connectivity index (χ4v) is 3.07. The van der Waals surface area contributed by atoms with Gasteiger partial charge in [0.05, 0.1) is 19.1 Å². The molecule has 1 N–H and O–H groups in total. The Labute approximate surface area is 149 Å². The topological polar surface area (TPSA) is 70.6 Å². The van der Waals surface area contributed by atoms with Gasteiger partial charge in [0.2, 0.25) is 11.9 Å². The maximum absolute atomic E-state index is 12.9. The number of amides is 1. The molecule has 0 bridgehead atoms. The van der Waals surface area contributed by atoms with Crippen LogP contribution in [0.5, 0.6) is 0 Å². The van der Waals surface area contributed by atoms with Crippen molar-refractivity contribution in [3.8, 4) is 0 Å². The van der Waals surface area contributed by atoms with E-state index in [1.807, 2.05) is 0 Å². The highest BCUT2D eigenvalue weighted by atomic mass is 19.4. The zero-order valence-electron chi connectivity index (χ0n) is 14.6. The zero-order chi connectivity index (χ0) is 18.7. The number of carbonyl (C=O) groups excluding carboxylic acids is 1. The maximum Gasteiger partial charge on any atom is 0.433 e. The molecule has 2 fully saturated rings. The second-order valence-corrected chi connectivity index (χ2v) is 6.46. The van der Waals surface area contributed by atoms with Crippen LogP contribution >= 0.6 is 0 Å². The van der Waals surface area contributed by atoms with E-state index in [0.29, 0.717) is 45.8 Å². The summed E-state index contributed by atoms with van der Waals surface area (Å²) in [7, 11) is 0. The molecule has 1 aromatic heterocycles. The zero-order valence-corrected chi connectivity index (χ0v) is 14.6. The van der Waals surface area contributed by atoms with Crippen LogP contribution in [0.25, 0.3) is 0 Å². The van der Waals surface area contributed by atoms with Gasteiger partial charge < -0.3 is 19.9 Å². The van der Waals surface area contributed by atoms with Gasteiger partial charge in [0.1, 0.15) is 5.69 Å². The molecule has 0 aromatic carbocycles. The Kier molecular flexibility index (Phi) is 5.61. The van der Waals surface area contributed by atoms with Crippen LogP contribution in [0.15, 0.2) is 6.07 Å². The van der Waals surface area contributed by atoms with Crippen molar-refractivity contribution in [2.24, 2.45) is 0 Å². The fourth-order valence-electron chi connectivity index (χ4n) is 3.07. The van der Waals surface area contributed by atoms with Crippen molar-refractivity contribution in [3.05, 3.63) is 17.5 Å². The summed E-state index contributed by atoms with van der Waals surface area (Å²) in [5.74, 6) is 0.0590. The third-order valence-electron chi connectivity index (χ3n) is 4.45. The summed E-state index contributed by atoms with van der Waals surface area (Å²) in [5.41, 5.74) is -0.678. The average Bonchev–Trinajstić information content (AvgIpc) is 2.61.